The molecule has 0 atom stereocenters. The highest BCUT2D eigenvalue weighted by molar-refractivity contribution is 7.89. The summed E-state index contributed by atoms with van der Waals surface area (Å²) in [6, 6.07) is 3.49. The number of hydrogen-bond acceptors (Lipinski definition) is 6. The highest BCUT2D eigenvalue weighted by Crippen LogP contribution is 2.28. The number of benzene rings is 1. The molecule has 0 aromatic heterocycles. The number of sulfonamides is 1. The summed E-state index contributed by atoms with van der Waals surface area (Å²) in [6.07, 6.45) is 1.15. The van der Waals surface area contributed by atoms with E-state index in [0.29, 0.717) is 25.9 Å². The Balaban J connectivity index is 2.28. The summed E-state index contributed by atoms with van der Waals surface area (Å²) in [5.41, 5.74) is 4.98. The molecule has 1 fully saturated rings. The smallest absolute Gasteiger partial charge is 0.293 e. The molecule has 8 nitrogen and oxygen atoms in total. The lowest BCUT2D eigenvalue weighted by molar-refractivity contribution is -0.384. The molecule has 1 aromatic rings. The standard InChI is InChI=1S/C12H17N3O5S/c13-11-2-1-10(7-12(11)15(17)18)21(19,20)14-5-3-9(8-16)4-6-14/h1-2,7,9,16H,3-6,8,13H2. The van der Waals surface area contributed by atoms with Crippen molar-refractivity contribution in [3.63, 3.8) is 0 Å². The minimum absolute atomic E-state index is 0.0429. The molecule has 0 aliphatic carbocycles. The first-order valence-corrected chi connectivity index (χ1v) is 7.95. The number of anilines is 1. The number of nitro groups is 1. The zero-order valence-electron chi connectivity index (χ0n) is 11.3. The Bertz CT molecular complexity index is 638. The molecule has 0 radical (unpaired) electrons. The van der Waals surface area contributed by atoms with Gasteiger partial charge in [0.05, 0.1) is 9.82 Å². The Kier molecular flexibility index (Phi) is 4.45. The van der Waals surface area contributed by atoms with Gasteiger partial charge in [-0.3, -0.25) is 10.1 Å². The average molecular weight is 315 g/mol. The van der Waals surface area contributed by atoms with Crippen LogP contribution >= 0.6 is 0 Å². The van der Waals surface area contributed by atoms with E-state index in [0.717, 1.165) is 6.07 Å². The Labute approximate surface area is 122 Å². The van der Waals surface area contributed by atoms with E-state index < -0.39 is 20.6 Å². The zero-order chi connectivity index (χ0) is 15.6. The van der Waals surface area contributed by atoms with Crippen LogP contribution in [-0.4, -0.2) is 42.4 Å². The maximum atomic E-state index is 12.5. The molecule has 1 aromatic carbocycles. The fourth-order valence-corrected chi connectivity index (χ4v) is 3.81. The van der Waals surface area contributed by atoms with E-state index in [1.807, 2.05) is 0 Å². The molecule has 116 valence electrons. The summed E-state index contributed by atoms with van der Waals surface area (Å²) in [5, 5.41) is 19.9. The molecule has 0 spiro atoms. The van der Waals surface area contributed by atoms with Crippen LogP contribution in [0.15, 0.2) is 23.1 Å². The lowest BCUT2D eigenvalue weighted by Crippen LogP contribution is -2.39. The van der Waals surface area contributed by atoms with Crippen LogP contribution in [0, 0.1) is 16.0 Å². The quantitative estimate of drug-likeness (QED) is 0.475. The van der Waals surface area contributed by atoms with Crippen LogP contribution in [0.2, 0.25) is 0 Å². The molecule has 1 heterocycles. The predicted octanol–water partition coefficient (Wildman–Crippen LogP) is 0.570. The molecule has 0 saturated carbocycles. The van der Waals surface area contributed by atoms with Gasteiger partial charge < -0.3 is 10.8 Å². The van der Waals surface area contributed by atoms with Crippen molar-refractivity contribution in [3.8, 4) is 0 Å². The second-order valence-corrected chi connectivity index (χ2v) is 6.95. The first-order valence-electron chi connectivity index (χ1n) is 6.51. The van der Waals surface area contributed by atoms with Gasteiger partial charge in [-0.2, -0.15) is 4.31 Å². The van der Waals surface area contributed by atoms with Crippen molar-refractivity contribution in [2.75, 3.05) is 25.4 Å². The topological polar surface area (TPSA) is 127 Å². The molecule has 0 unspecified atom stereocenters. The molecule has 1 aliphatic heterocycles. The van der Waals surface area contributed by atoms with Crippen LogP contribution < -0.4 is 5.73 Å². The van der Waals surface area contributed by atoms with Gasteiger partial charge >= 0.3 is 0 Å². The van der Waals surface area contributed by atoms with Crippen LogP contribution in [0.5, 0.6) is 0 Å². The monoisotopic (exact) mass is 315 g/mol. The molecule has 9 heteroatoms. The fourth-order valence-electron chi connectivity index (χ4n) is 2.32. The zero-order valence-corrected chi connectivity index (χ0v) is 12.1. The van der Waals surface area contributed by atoms with Gasteiger partial charge in [-0.15, -0.1) is 0 Å². The van der Waals surface area contributed by atoms with E-state index in [4.69, 9.17) is 10.8 Å². The minimum atomic E-state index is -3.77. The third-order valence-electron chi connectivity index (χ3n) is 3.67. The van der Waals surface area contributed by atoms with Gasteiger partial charge in [0.2, 0.25) is 10.0 Å². The highest BCUT2D eigenvalue weighted by atomic mass is 32.2. The van der Waals surface area contributed by atoms with Crippen LogP contribution in [0.25, 0.3) is 0 Å². The van der Waals surface area contributed by atoms with Crippen LogP contribution in [0.4, 0.5) is 11.4 Å². The molecule has 0 amide bonds. The van der Waals surface area contributed by atoms with E-state index >= 15 is 0 Å². The second-order valence-electron chi connectivity index (χ2n) is 5.01. The van der Waals surface area contributed by atoms with Gasteiger partial charge in [0.1, 0.15) is 5.69 Å². The fraction of sp³-hybridized carbons (Fsp3) is 0.500. The number of aliphatic hydroxyl groups is 1. The second kappa shape index (κ2) is 5.96. The summed E-state index contributed by atoms with van der Waals surface area (Å²) in [7, 11) is -3.77. The normalized spacial score (nSPS) is 17.8. The minimum Gasteiger partial charge on any atom is -0.396 e. The Morgan fingerprint density at radius 1 is 1.38 bits per heavy atom. The molecule has 2 rings (SSSR count). The van der Waals surface area contributed by atoms with Crippen LogP contribution in [0.1, 0.15) is 12.8 Å². The molecule has 21 heavy (non-hydrogen) atoms. The van der Waals surface area contributed by atoms with Crippen LogP contribution in [-0.2, 0) is 10.0 Å². The van der Waals surface area contributed by atoms with Crippen molar-refractivity contribution in [2.45, 2.75) is 17.7 Å². The number of nitro benzene ring substituents is 1. The van der Waals surface area contributed by atoms with Crippen LogP contribution in [0.3, 0.4) is 0 Å². The van der Waals surface area contributed by atoms with Crippen molar-refractivity contribution < 1.29 is 18.4 Å². The molecule has 1 aliphatic rings. The molecule has 3 N–H and O–H groups in total. The molecule has 0 bridgehead atoms. The van der Waals surface area contributed by atoms with Gasteiger partial charge in [0, 0.05) is 25.8 Å². The van der Waals surface area contributed by atoms with Crippen molar-refractivity contribution in [2.24, 2.45) is 5.92 Å². The van der Waals surface area contributed by atoms with Gasteiger partial charge in [-0.1, -0.05) is 0 Å². The number of nitrogens with zero attached hydrogens (tertiary/aromatic N) is 2. The lowest BCUT2D eigenvalue weighted by Gasteiger charge is -2.30. The Hall–Kier alpha value is -1.71. The van der Waals surface area contributed by atoms with Gasteiger partial charge in [0.25, 0.3) is 5.69 Å². The average Bonchev–Trinajstić information content (AvgIpc) is 2.47. The summed E-state index contributed by atoms with van der Waals surface area (Å²) in [4.78, 5) is 10.0. The third kappa shape index (κ3) is 3.14. The van der Waals surface area contributed by atoms with E-state index in [-0.39, 0.29) is 23.1 Å². The van der Waals surface area contributed by atoms with E-state index in [1.54, 1.807) is 0 Å². The Morgan fingerprint density at radius 3 is 2.52 bits per heavy atom. The first-order chi connectivity index (χ1) is 9.86. The SMILES string of the molecule is Nc1ccc(S(=O)(=O)N2CCC(CO)CC2)cc1[N+](=O)[O-]. The number of nitrogen functional groups attached to an aromatic ring is 1. The van der Waals surface area contributed by atoms with E-state index in [2.05, 4.69) is 0 Å². The third-order valence-corrected chi connectivity index (χ3v) is 5.56. The number of nitrogens with two attached hydrogens (primary N) is 1. The predicted molar refractivity (Wildman–Crippen MR) is 76.1 cm³/mol. The van der Waals surface area contributed by atoms with Crippen molar-refractivity contribution in [1.82, 2.24) is 4.31 Å². The van der Waals surface area contributed by atoms with Gasteiger partial charge in [0.15, 0.2) is 0 Å². The van der Waals surface area contributed by atoms with E-state index in [1.165, 1.54) is 16.4 Å². The summed E-state index contributed by atoms with van der Waals surface area (Å²) >= 11 is 0. The van der Waals surface area contributed by atoms with Gasteiger partial charge in [-0.05, 0) is 30.9 Å². The maximum absolute atomic E-state index is 12.5. The molecule has 1 saturated heterocycles. The Morgan fingerprint density at radius 2 is 2.00 bits per heavy atom. The number of aliphatic hydroxyl groups excluding tert-OH is 1. The van der Waals surface area contributed by atoms with Crippen molar-refractivity contribution in [3.05, 3.63) is 28.3 Å². The first kappa shape index (κ1) is 15.7. The maximum Gasteiger partial charge on any atom is 0.293 e. The summed E-state index contributed by atoms with van der Waals surface area (Å²) in [5.74, 6) is 0.109. The lowest BCUT2D eigenvalue weighted by atomic mass is 10.00. The largest absolute Gasteiger partial charge is 0.396 e. The van der Waals surface area contributed by atoms with Gasteiger partial charge in [-0.25, -0.2) is 8.42 Å². The number of piperidine rings is 1. The summed E-state index contributed by atoms with van der Waals surface area (Å²) < 4.78 is 26.2. The summed E-state index contributed by atoms with van der Waals surface area (Å²) in [6.45, 7) is 0.638. The van der Waals surface area contributed by atoms with Crippen molar-refractivity contribution >= 4 is 21.4 Å². The molecular weight excluding hydrogens is 298 g/mol. The van der Waals surface area contributed by atoms with Crippen molar-refractivity contribution in [1.29, 1.82) is 0 Å². The van der Waals surface area contributed by atoms with E-state index in [9.17, 15) is 18.5 Å². The number of hydrogen-bond donors (Lipinski definition) is 2. The highest BCUT2D eigenvalue weighted by Gasteiger charge is 2.30. The number of rotatable bonds is 4. The molecular formula is C12H17N3O5S.